The molecule has 2 N–H and O–H groups in total. The smallest absolute Gasteiger partial charge is 0.338 e. The Morgan fingerprint density at radius 2 is 1.88 bits per heavy atom. The molecule has 1 aromatic carbocycles. The molecule has 7 nitrogen and oxygen atoms in total. The second kappa shape index (κ2) is 8.80. The number of halogens is 2. The Balaban J connectivity index is 1.73. The van der Waals surface area contributed by atoms with Crippen LogP contribution in [0, 0.1) is 6.92 Å². The maximum absolute atomic E-state index is 11.8. The van der Waals surface area contributed by atoms with Gasteiger partial charge in [-0.25, -0.2) is 9.78 Å². The van der Waals surface area contributed by atoms with Crippen molar-refractivity contribution in [3.05, 3.63) is 49.9 Å². The van der Waals surface area contributed by atoms with Gasteiger partial charge >= 0.3 is 5.97 Å². The first-order chi connectivity index (χ1) is 11.8. The van der Waals surface area contributed by atoms with Crippen molar-refractivity contribution in [1.29, 1.82) is 0 Å². The molecule has 2 rings (SSSR count). The second-order valence-corrected chi connectivity index (χ2v) is 6.62. The van der Waals surface area contributed by atoms with Crippen LogP contribution in [0.3, 0.4) is 0 Å². The number of nitrogens with one attached hydrogen (secondary N) is 2. The molecule has 0 saturated heterocycles. The number of aromatic nitrogens is 1. The first kappa shape index (κ1) is 19.2. The number of benzene rings is 1. The molecule has 132 valence electrons. The molecule has 2 amide bonds. The van der Waals surface area contributed by atoms with Crippen molar-refractivity contribution in [2.24, 2.45) is 0 Å². The van der Waals surface area contributed by atoms with Crippen LogP contribution in [0.4, 0.5) is 0 Å². The van der Waals surface area contributed by atoms with Crippen molar-refractivity contribution >= 4 is 52.3 Å². The van der Waals surface area contributed by atoms with E-state index < -0.39 is 24.4 Å². The van der Waals surface area contributed by atoms with Crippen LogP contribution in [0.15, 0.2) is 23.6 Å². The van der Waals surface area contributed by atoms with E-state index >= 15 is 0 Å². The van der Waals surface area contributed by atoms with Crippen LogP contribution in [0.25, 0.3) is 0 Å². The van der Waals surface area contributed by atoms with Gasteiger partial charge in [-0.2, -0.15) is 0 Å². The minimum absolute atomic E-state index is 0.0435. The number of aryl methyl sites for hydroxylation is 1. The summed E-state index contributed by atoms with van der Waals surface area (Å²) in [6.07, 6.45) is 0.0435. The monoisotopic (exact) mass is 401 g/mol. The van der Waals surface area contributed by atoms with Crippen LogP contribution in [-0.2, 0) is 20.7 Å². The van der Waals surface area contributed by atoms with E-state index in [-0.39, 0.29) is 17.0 Å². The lowest BCUT2D eigenvalue weighted by molar-refractivity contribution is -0.130. The number of amides is 2. The molecule has 0 aliphatic heterocycles. The number of carbonyl (C=O) groups excluding carboxylic acids is 3. The van der Waals surface area contributed by atoms with Crippen LogP contribution in [0.5, 0.6) is 0 Å². The van der Waals surface area contributed by atoms with Gasteiger partial charge in [-0.1, -0.05) is 23.2 Å². The number of ether oxygens (including phenoxy) is 1. The van der Waals surface area contributed by atoms with Crippen molar-refractivity contribution in [2.45, 2.75) is 13.3 Å². The molecule has 1 heterocycles. The summed E-state index contributed by atoms with van der Waals surface area (Å²) in [6.45, 7) is 1.26. The zero-order chi connectivity index (χ0) is 18.4. The Morgan fingerprint density at radius 3 is 2.52 bits per heavy atom. The van der Waals surface area contributed by atoms with Gasteiger partial charge in [-0.3, -0.25) is 20.4 Å². The van der Waals surface area contributed by atoms with Crippen LogP contribution < -0.4 is 10.9 Å². The van der Waals surface area contributed by atoms with Gasteiger partial charge in [0.15, 0.2) is 6.61 Å². The SMILES string of the molecule is Cc1csc(CC(=O)NNC(=O)COC(=O)c2ccc(Cl)c(Cl)c2)n1. The highest BCUT2D eigenvalue weighted by atomic mass is 35.5. The van der Waals surface area contributed by atoms with Gasteiger partial charge in [0.1, 0.15) is 5.01 Å². The summed E-state index contributed by atoms with van der Waals surface area (Å²) < 4.78 is 4.82. The Hall–Kier alpha value is -2.16. The molecule has 0 spiro atoms. The highest BCUT2D eigenvalue weighted by molar-refractivity contribution is 7.09. The molecule has 0 radical (unpaired) electrons. The Labute approximate surface area is 157 Å². The third kappa shape index (κ3) is 6.00. The lowest BCUT2D eigenvalue weighted by Crippen LogP contribution is -2.44. The number of hydrogen-bond donors (Lipinski definition) is 2. The predicted octanol–water partition coefficient (Wildman–Crippen LogP) is 2.31. The molecule has 10 heteroatoms. The Kier molecular flexibility index (Phi) is 6.74. The quantitative estimate of drug-likeness (QED) is 0.591. The largest absolute Gasteiger partial charge is 0.452 e. The maximum atomic E-state index is 11.8. The molecule has 0 bridgehead atoms. The average Bonchev–Trinajstić information content (AvgIpc) is 2.98. The van der Waals surface area contributed by atoms with Crippen molar-refractivity contribution in [3.63, 3.8) is 0 Å². The van der Waals surface area contributed by atoms with Crippen LogP contribution in [-0.4, -0.2) is 29.4 Å². The molecule has 0 fully saturated rings. The fraction of sp³-hybridized carbons (Fsp3) is 0.200. The van der Waals surface area contributed by atoms with E-state index in [0.29, 0.717) is 10.0 Å². The molecule has 0 aliphatic rings. The van der Waals surface area contributed by atoms with Crippen LogP contribution >= 0.6 is 34.5 Å². The molecule has 1 aromatic heterocycles. The zero-order valence-electron chi connectivity index (χ0n) is 13.0. The standard InChI is InChI=1S/C15H13Cl2N3O4S/c1-8-7-25-14(18-8)5-12(21)19-20-13(22)6-24-15(23)9-2-3-10(16)11(17)4-9/h2-4,7H,5-6H2,1H3,(H,19,21)(H,20,22). The molecule has 25 heavy (non-hydrogen) atoms. The number of hydrazine groups is 1. The lowest BCUT2D eigenvalue weighted by Gasteiger charge is -2.08. The summed E-state index contributed by atoms with van der Waals surface area (Å²) in [5.74, 6) is -1.85. The third-order valence-electron chi connectivity index (χ3n) is 2.81. The van der Waals surface area contributed by atoms with Crippen molar-refractivity contribution in [3.8, 4) is 0 Å². The first-order valence-corrected chi connectivity index (χ1v) is 8.59. The molecule has 0 unspecified atom stereocenters. The predicted molar refractivity (Wildman–Crippen MR) is 93.6 cm³/mol. The van der Waals surface area contributed by atoms with Gasteiger partial charge in [-0.05, 0) is 25.1 Å². The summed E-state index contributed by atoms with van der Waals surface area (Å²) in [7, 11) is 0. The average molecular weight is 402 g/mol. The number of hydrogen-bond acceptors (Lipinski definition) is 6. The van der Waals surface area contributed by atoms with Gasteiger partial charge in [-0.15, -0.1) is 11.3 Å². The fourth-order valence-corrected chi connectivity index (χ4v) is 2.75. The topological polar surface area (TPSA) is 97.4 Å². The van der Waals surface area contributed by atoms with Gasteiger partial charge in [0, 0.05) is 11.1 Å². The van der Waals surface area contributed by atoms with Gasteiger partial charge in [0.2, 0.25) is 5.91 Å². The zero-order valence-corrected chi connectivity index (χ0v) is 15.3. The first-order valence-electron chi connectivity index (χ1n) is 6.96. The van der Waals surface area contributed by atoms with Crippen LogP contribution in [0.2, 0.25) is 10.0 Å². The fourth-order valence-electron chi connectivity index (χ4n) is 1.68. The minimum atomic E-state index is -0.738. The summed E-state index contributed by atoms with van der Waals surface area (Å²) in [6, 6.07) is 4.20. The van der Waals surface area contributed by atoms with Crippen LogP contribution in [0.1, 0.15) is 21.1 Å². The van der Waals surface area contributed by atoms with E-state index in [1.165, 1.54) is 29.5 Å². The van der Waals surface area contributed by atoms with E-state index in [2.05, 4.69) is 15.8 Å². The second-order valence-electron chi connectivity index (χ2n) is 4.86. The van der Waals surface area contributed by atoms with Crippen molar-refractivity contribution in [2.75, 3.05) is 6.61 Å². The molecular formula is C15H13Cl2N3O4S. The minimum Gasteiger partial charge on any atom is -0.452 e. The Morgan fingerprint density at radius 1 is 1.16 bits per heavy atom. The number of nitrogens with zero attached hydrogens (tertiary/aromatic N) is 1. The van der Waals surface area contributed by atoms with Gasteiger partial charge in [0.25, 0.3) is 5.91 Å². The molecule has 0 aliphatic carbocycles. The molecule has 0 saturated carbocycles. The number of rotatable bonds is 5. The van der Waals surface area contributed by atoms with Gasteiger partial charge < -0.3 is 4.74 Å². The Bertz CT molecular complexity index is 810. The van der Waals surface area contributed by atoms with Crippen molar-refractivity contribution < 1.29 is 19.1 Å². The van der Waals surface area contributed by atoms with Gasteiger partial charge in [0.05, 0.1) is 22.0 Å². The van der Waals surface area contributed by atoms with Crippen molar-refractivity contribution in [1.82, 2.24) is 15.8 Å². The van der Waals surface area contributed by atoms with E-state index in [1.54, 1.807) is 0 Å². The van der Waals surface area contributed by atoms with E-state index in [4.69, 9.17) is 27.9 Å². The molecule has 2 aromatic rings. The summed E-state index contributed by atoms with van der Waals surface area (Å²) in [5, 5.41) is 2.96. The number of carbonyl (C=O) groups is 3. The molecule has 0 atom stereocenters. The number of thiazole rings is 1. The summed E-state index contributed by atoms with van der Waals surface area (Å²) in [4.78, 5) is 39.2. The molecular weight excluding hydrogens is 389 g/mol. The van der Waals surface area contributed by atoms with E-state index in [9.17, 15) is 14.4 Å². The highest BCUT2D eigenvalue weighted by Gasteiger charge is 2.13. The summed E-state index contributed by atoms with van der Waals surface area (Å²) in [5.41, 5.74) is 5.35. The highest BCUT2D eigenvalue weighted by Crippen LogP contribution is 2.22. The van der Waals surface area contributed by atoms with E-state index in [0.717, 1.165) is 5.69 Å². The summed E-state index contributed by atoms with van der Waals surface area (Å²) >= 11 is 12.9. The normalized spacial score (nSPS) is 10.2. The van der Waals surface area contributed by atoms with E-state index in [1.807, 2.05) is 12.3 Å². The maximum Gasteiger partial charge on any atom is 0.338 e. The number of esters is 1. The third-order valence-corrected chi connectivity index (χ3v) is 4.52. The lowest BCUT2D eigenvalue weighted by atomic mass is 10.2.